The number of fused-ring (bicyclic) bond motifs is 1. The summed E-state index contributed by atoms with van der Waals surface area (Å²) in [5, 5.41) is 5.68. The van der Waals surface area contributed by atoms with Crippen LogP contribution in [0.2, 0.25) is 0 Å². The molecule has 4 amide bonds. The van der Waals surface area contributed by atoms with Crippen LogP contribution in [0.25, 0.3) is 0 Å². The third-order valence-corrected chi connectivity index (χ3v) is 5.65. The number of carbonyl (C=O) groups is 4. The summed E-state index contributed by atoms with van der Waals surface area (Å²) in [7, 11) is 2.04. The number of hydrogen-bond acceptors (Lipinski definition) is 6. The van der Waals surface area contributed by atoms with Gasteiger partial charge in [-0.05, 0) is 50.6 Å². The highest BCUT2D eigenvalue weighted by atomic mass is 16.2. The minimum atomic E-state index is -0.926. The van der Waals surface area contributed by atoms with Gasteiger partial charge >= 0.3 is 0 Å². The molecule has 0 aromatic heterocycles. The number of benzene rings is 1. The molecule has 0 bridgehead atoms. The number of amides is 4. The summed E-state index contributed by atoms with van der Waals surface area (Å²) < 4.78 is 0. The van der Waals surface area contributed by atoms with Crippen molar-refractivity contribution in [3.8, 4) is 0 Å². The van der Waals surface area contributed by atoms with Gasteiger partial charge in [-0.2, -0.15) is 0 Å². The maximum atomic E-state index is 12.9. The fraction of sp³-hybridized carbons (Fsp3) is 0.500. The van der Waals surface area contributed by atoms with Crippen molar-refractivity contribution in [2.45, 2.75) is 44.3 Å². The zero-order valence-corrected chi connectivity index (χ0v) is 15.9. The van der Waals surface area contributed by atoms with Gasteiger partial charge in [-0.3, -0.25) is 29.4 Å². The first-order valence-corrected chi connectivity index (χ1v) is 9.70. The summed E-state index contributed by atoms with van der Waals surface area (Å²) in [5.41, 5.74) is 1.60. The van der Waals surface area contributed by atoms with E-state index in [0.29, 0.717) is 23.7 Å². The van der Waals surface area contributed by atoms with Gasteiger partial charge in [0.25, 0.3) is 11.8 Å². The molecule has 4 rings (SSSR count). The van der Waals surface area contributed by atoms with Crippen LogP contribution in [-0.2, 0) is 16.1 Å². The molecule has 3 heterocycles. The second-order valence-electron chi connectivity index (χ2n) is 7.82. The zero-order chi connectivity index (χ0) is 19.8. The summed E-state index contributed by atoms with van der Waals surface area (Å²) >= 11 is 0. The summed E-state index contributed by atoms with van der Waals surface area (Å²) in [5.74, 6) is -1.89. The molecule has 0 saturated carbocycles. The second kappa shape index (κ2) is 7.44. The molecular formula is C20H24N4O4. The van der Waals surface area contributed by atoms with Crippen LogP contribution in [-0.4, -0.2) is 65.6 Å². The Labute approximate surface area is 163 Å². The molecular weight excluding hydrogens is 360 g/mol. The van der Waals surface area contributed by atoms with E-state index in [1.165, 1.54) is 12.8 Å². The van der Waals surface area contributed by atoms with Crippen molar-refractivity contribution in [3.05, 3.63) is 34.9 Å². The largest absolute Gasteiger partial charge is 0.313 e. The highest BCUT2D eigenvalue weighted by Gasteiger charge is 2.44. The van der Waals surface area contributed by atoms with Crippen molar-refractivity contribution in [1.29, 1.82) is 0 Å². The quantitative estimate of drug-likeness (QED) is 0.707. The van der Waals surface area contributed by atoms with Gasteiger partial charge in [0.15, 0.2) is 0 Å². The molecule has 2 saturated heterocycles. The number of hydrogen-bond donors (Lipinski definition) is 2. The predicted octanol–water partition coefficient (Wildman–Crippen LogP) is 0.272. The van der Waals surface area contributed by atoms with E-state index >= 15 is 0 Å². The molecule has 0 spiro atoms. The number of likely N-dealkylation sites (N-methyl/N-ethyl adjacent to an activating group) is 1. The van der Waals surface area contributed by atoms with Crippen LogP contribution in [0.5, 0.6) is 0 Å². The van der Waals surface area contributed by atoms with Crippen LogP contribution >= 0.6 is 0 Å². The van der Waals surface area contributed by atoms with Gasteiger partial charge in [0, 0.05) is 25.6 Å². The number of nitrogens with zero attached hydrogens (tertiary/aromatic N) is 2. The Morgan fingerprint density at radius 2 is 1.89 bits per heavy atom. The predicted molar refractivity (Wildman–Crippen MR) is 100 cm³/mol. The van der Waals surface area contributed by atoms with Gasteiger partial charge in [0.2, 0.25) is 11.8 Å². The third kappa shape index (κ3) is 3.45. The standard InChI is InChI=1S/C20H24N4O4/c1-23(11-13-3-2-8-21-13)10-12-4-5-14-15(9-12)20(28)24(19(14)27)16-6-7-17(25)22-18(16)26/h4-5,9,13,16,21H,2-3,6-8,10-11H2,1H3,(H,22,25,26)/t13-,16?/m0/s1. The van der Waals surface area contributed by atoms with Crippen molar-refractivity contribution in [2.75, 3.05) is 20.1 Å². The first-order chi connectivity index (χ1) is 13.4. The lowest BCUT2D eigenvalue weighted by Crippen LogP contribution is -2.54. The number of imide groups is 2. The Kier molecular flexibility index (Phi) is 4.99. The van der Waals surface area contributed by atoms with Crippen molar-refractivity contribution in [2.24, 2.45) is 0 Å². The van der Waals surface area contributed by atoms with Gasteiger partial charge in [0.1, 0.15) is 6.04 Å². The molecule has 0 aliphatic carbocycles. The van der Waals surface area contributed by atoms with E-state index in [0.717, 1.165) is 23.6 Å². The van der Waals surface area contributed by atoms with Gasteiger partial charge in [-0.15, -0.1) is 0 Å². The first kappa shape index (κ1) is 18.8. The van der Waals surface area contributed by atoms with Crippen LogP contribution in [0.15, 0.2) is 18.2 Å². The van der Waals surface area contributed by atoms with Crippen LogP contribution < -0.4 is 10.6 Å². The molecule has 3 aliphatic heterocycles. The van der Waals surface area contributed by atoms with Gasteiger partial charge in [-0.25, -0.2) is 0 Å². The molecule has 148 valence electrons. The SMILES string of the molecule is CN(Cc1ccc2c(c1)C(=O)N(C1CCC(=O)NC1=O)C2=O)C[C@@H]1CCCN1. The lowest BCUT2D eigenvalue weighted by molar-refractivity contribution is -0.136. The van der Waals surface area contributed by atoms with Crippen molar-refractivity contribution in [3.63, 3.8) is 0 Å². The Hall–Kier alpha value is -2.58. The van der Waals surface area contributed by atoms with Gasteiger partial charge in [0.05, 0.1) is 11.1 Å². The topological polar surface area (TPSA) is 98.8 Å². The first-order valence-electron chi connectivity index (χ1n) is 9.70. The van der Waals surface area contributed by atoms with Gasteiger partial charge in [-0.1, -0.05) is 6.07 Å². The van der Waals surface area contributed by atoms with Gasteiger partial charge < -0.3 is 10.2 Å². The minimum Gasteiger partial charge on any atom is -0.313 e. The monoisotopic (exact) mass is 384 g/mol. The fourth-order valence-electron chi connectivity index (χ4n) is 4.28. The number of nitrogens with one attached hydrogen (secondary N) is 2. The zero-order valence-electron chi connectivity index (χ0n) is 15.9. The maximum Gasteiger partial charge on any atom is 0.262 e. The molecule has 1 aromatic rings. The molecule has 1 aromatic carbocycles. The van der Waals surface area contributed by atoms with E-state index < -0.39 is 23.8 Å². The van der Waals surface area contributed by atoms with Crippen LogP contribution in [0.4, 0.5) is 0 Å². The fourth-order valence-corrected chi connectivity index (χ4v) is 4.28. The molecule has 3 aliphatic rings. The van der Waals surface area contributed by atoms with Crippen LogP contribution in [0, 0.1) is 0 Å². The highest BCUT2D eigenvalue weighted by molar-refractivity contribution is 6.23. The van der Waals surface area contributed by atoms with Crippen LogP contribution in [0.1, 0.15) is 52.0 Å². The molecule has 1 unspecified atom stereocenters. The molecule has 0 radical (unpaired) electrons. The number of rotatable bonds is 5. The van der Waals surface area contributed by atoms with Crippen molar-refractivity contribution < 1.29 is 19.2 Å². The molecule has 28 heavy (non-hydrogen) atoms. The summed E-state index contributed by atoms with van der Waals surface area (Å²) in [6.45, 7) is 2.65. The van der Waals surface area contributed by atoms with Crippen molar-refractivity contribution in [1.82, 2.24) is 20.4 Å². The molecule has 2 N–H and O–H groups in total. The normalized spacial score (nSPS) is 24.9. The number of piperidine rings is 1. The number of carbonyl (C=O) groups excluding carboxylic acids is 4. The average Bonchev–Trinajstić information content (AvgIpc) is 3.23. The van der Waals surface area contributed by atoms with E-state index in [4.69, 9.17) is 0 Å². The summed E-state index contributed by atoms with van der Waals surface area (Å²) in [6, 6.07) is 4.84. The molecule has 2 atom stereocenters. The maximum absolute atomic E-state index is 12.9. The van der Waals surface area contributed by atoms with E-state index in [2.05, 4.69) is 15.5 Å². The van der Waals surface area contributed by atoms with E-state index in [1.807, 2.05) is 13.1 Å². The smallest absolute Gasteiger partial charge is 0.262 e. The highest BCUT2D eigenvalue weighted by Crippen LogP contribution is 2.28. The lowest BCUT2D eigenvalue weighted by Gasteiger charge is -2.27. The Bertz CT molecular complexity index is 847. The molecule has 8 heteroatoms. The molecule has 2 fully saturated rings. The summed E-state index contributed by atoms with van der Waals surface area (Å²) in [6.07, 6.45) is 2.65. The second-order valence-corrected chi connectivity index (χ2v) is 7.82. The van der Waals surface area contributed by atoms with Crippen LogP contribution in [0.3, 0.4) is 0 Å². The van der Waals surface area contributed by atoms with E-state index in [-0.39, 0.29) is 18.7 Å². The molecule has 8 nitrogen and oxygen atoms in total. The third-order valence-electron chi connectivity index (χ3n) is 5.65. The lowest BCUT2D eigenvalue weighted by atomic mass is 10.0. The summed E-state index contributed by atoms with van der Waals surface area (Å²) in [4.78, 5) is 52.3. The Morgan fingerprint density at radius 3 is 2.61 bits per heavy atom. The minimum absolute atomic E-state index is 0.120. The van der Waals surface area contributed by atoms with Crippen molar-refractivity contribution >= 4 is 23.6 Å². The van der Waals surface area contributed by atoms with E-state index in [9.17, 15) is 19.2 Å². The average molecular weight is 384 g/mol. The van der Waals surface area contributed by atoms with E-state index in [1.54, 1.807) is 12.1 Å². The Morgan fingerprint density at radius 1 is 1.11 bits per heavy atom. The Balaban J connectivity index is 1.49.